The van der Waals surface area contributed by atoms with Gasteiger partial charge in [-0.1, -0.05) is 30.3 Å². The highest BCUT2D eigenvalue weighted by Gasteiger charge is 2.24. The molecule has 0 unspecified atom stereocenters. The summed E-state index contributed by atoms with van der Waals surface area (Å²) in [6.45, 7) is 7.85. The number of hydroxylamine groups is 2. The number of methoxy groups -OCH3 is 1. The van der Waals surface area contributed by atoms with Crippen LogP contribution >= 0.6 is 0 Å². The van der Waals surface area contributed by atoms with Gasteiger partial charge in [0, 0.05) is 7.11 Å². The highest BCUT2D eigenvalue weighted by molar-refractivity contribution is 5.65. The van der Waals surface area contributed by atoms with Crippen molar-refractivity contribution in [1.82, 2.24) is 5.23 Å². The van der Waals surface area contributed by atoms with Crippen LogP contribution in [0.5, 0.6) is 0 Å². The first kappa shape index (κ1) is 23.3. The van der Waals surface area contributed by atoms with E-state index >= 15 is 0 Å². The number of hydrogen-bond donors (Lipinski definition) is 0. The minimum Gasteiger partial charge on any atom is -0.441 e. The van der Waals surface area contributed by atoms with Gasteiger partial charge in [0.1, 0.15) is 18.8 Å². The van der Waals surface area contributed by atoms with E-state index in [0.29, 0.717) is 26.4 Å². The summed E-state index contributed by atoms with van der Waals surface area (Å²) < 4.78 is 20.8. The highest BCUT2D eigenvalue weighted by atomic mass is 17.0. The summed E-state index contributed by atoms with van der Waals surface area (Å²) in [7, 11) is 1.62. The van der Waals surface area contributed by atoms with Crippen molar-refractivity contribution in [2.24, 2.45) is 0 Å². The maximum absolute atomic E-state index is 12.2. The minimum absolute atomic E-state index is 0.131. The Bertz CT molecular complexity index is 505. The molecular weight excluding hydrogens is 354 g/mol. The van der Waals surface area contributed by atoms with Crippen LogP contribution in [0.25, 0.3) is 0 Å². The Morgan fingerprint density at radius 1 is 0.889 bits per heavy atom. The van der Waals surface area contributed by atoms with E-state index in [-0.39, 0.29) is 19.8 Å². The Hall–Kier alpha value is -1.71. The second-order valence-electron chi connectivity index (χ2n) is 6.55. The van der Waals surface area contributed by atoms with Crippen LogP contribution in [0.3, 0.4) is 0 Å². The van der Waals surface area contributed by atoms with Crippen LogP contribution in [-0.2, 0) is 35.2 Å². The molecule has 0 saturated carbocycles. The second-order valence-corrected chi connectivity index (χ2v) is 6.55. The number of carbonyl (C=O) groups is 1. The van der Waals surface area contributed by atoms with Crippen molar-refractivity contribution in [3.8, 4) is 0 Å². The number of ether oxygens (including phenoxy) is 4. The van der Waals surface area contributed by atoms with Crippen molar-refractivity contribution in [1.29, 1.82) is 0 Å². The van der Waals surface area contributed by atoms with Gasteiger partial charge in [0.2, 0.25) is 0 Å². The number of amides is 1. The number of carbonyl (C=O) groups excluding carboxylic acids is 1. The van der Waals surface area contributed by atoms with Gasteiger partial charge in [0.25, 0.3) is 0 Å². The molecule has 0 heterocycles. The molecule has 0 N–H and O–H groups in total. The lowest BCUT2D eigenvalue weighted by atomic mass is 10.2. The zero-order valence-corrected chi connectivity index (χ0v) is 16.6. The van der Waals surface area contributed by atoms with Gasteiger partial charge in [-0.15, -0.1) is 0 Å². The summed E-state index contributed by atoms with van der Waals surface area (Å²) in [5, 5.41) is 0.761. The Morgan fingerprint density at radius 2 is 1.48 bits per heavy atom. The highest BCUT2D eigenvalue weighted by Crippen LogP contribution is 2.12. The third kappa shape index (κ3) is 12.3. The molecule has 1 aromatic rings. The standard InChI is InChI=1S/C19H31NO7/c1-19(2,3)27-18(21)20(26-16-17-8-6-5-7-9-17)25-15-14-24-13-12-23-11-10-22-4/h5-9H,10-16H2,1-4H3. The number of benzene rings is 1. The molecular formula is C19H31NO7. The molecule has 8 heteroatoms. The maximum Gasteiger partial charge on any atom is 0.460 e. The Labute approximate surface area is 161 Å². The summed E-state index contributed by atoms with van der Waals surface area (Å²) in [5.41, 5.74) is 0.240. The van der Waals surface area contributed by atoms with Crippen LogP contribution in [0.2, 0.25) is 0 Å². The lowest BCUT2D eigenvalue weighted by Gasteiger charge is -2.25. The van der Waals surface area contributed by atoms with Crippen molar-refractivity contribution in [2.45, 2.75) is 33.0 Å². The predicted molar refractivity (Wildman–Crippen MR) is 98.8 cm³/mol. The topological polar surface area (TPSA) is 75.7 Å². The van der Waals surface area contributed by atoms with Gasteiger partial charge in [-0.2, -0.15) is 0 Å². The fourth-order valence-electron chi connectivity index (χ4n) is 1.79. The van der Waals surface area contributed by atoms with Gasteiger partial charge in [-0.25, -0.2) is 14.5 Å². The molecule has 154 valence electrons. The van der Waals surface area contributed by atoms with Gasteiger partial charge in [0.05, 0.1) is 33.0 Å². The predicted octanol–water partition coefficient (Wildman–Crippen LogP) is 2.97. The number of hydrogen-bond acceptors (Lipinski definition) is 7. The number of nitrogens with zero attached hydrogens (tertiary/aromatic N) is 1. The molecule has 0 atom stereocenters. The summed E-state index contributed by atoms with van der Waals surface area (Å²) in [5.74, 6) is 0. The molecule has 0 aliphatic rings. The molecule has 0 aliphatic carbocycles. The first-order chi connectivity index (χ1) is 12.9. The van der Waals surface area contributed by atoms with E-state index in [0.717, 1.165) is 10.8 Å². The third-order valence-electron chi connectivity index (χ3n) is 2.97. The van der Waals surface area contributed by atoms with Gasteiger partial charge >= 0.3 is 6.09 Å². The SMILES string of the molecule is COCCOCCOCCON(OCc1ccccc1)C(=O)OC(C)(C)C. The summed E-state index contributed by atoms with van der Waals surface area (Å²) >= 11 is 0. The first-order valence-electron chi connectivity index (χ1n) is 8.89. The Morgan fingerprint density at radius 3 is 2.07 bits per heavy atom. The van der Waals surface area contributed by atoms with E-state index in [1.807, 2.05) is 30.3 Å². The zero-order chi connectivity index (χ0) is 20.0. The van der Waals surface area contributed by atoms with Crippen molar-refractivity contribution in [2.75, 3.05) is 46.8 Å². The maximum atomic E-state index is 12.2. The monoisotopic (exact) mass is 385 g/mol. The quantitative estimate of drug-likeness (QED) is 0.382. The minimum atomic E-state index is -0.721. The molecule has 0 fully saturated rings. The molecule has 1 aromatic carbocycles. The van der Waals surface area contributed by atoms with Crippen molar-refractivity contribution >= 4 is 6.09 Å². The average Bonchev–Trinajstić information content (AvgIpc) is 2.62. The van der Waals surface area contributed by atoms with Crippen LogP contribution in [0.15, 0.2) is 30.3 Å². The second kappa shape index (κ2) is 13.5. The largest absolute Gasteiger partial charge is 0.460 e. The summed E-state index contributed by atoms with van der Waals surface area (Å²) in [6, 6.07) is 9.46. The fraction of sp³-hybridized carbons (Fsp3) is 0.632. The molecule has 0 saturated heterocycles. The molecule has 27 heavy (non-hydrogen) atoms. The Balaban J connectivity index is 2.34. The molecule has 0 bridgehead atoms. The van der Waals surface area contributed by atoms with Crippen molar-refractivity contribution in [3.05, 3.63) is 35.9 Å². The molecule has 0 aromatic heterocycles. The zero-order valence-electron chi connectivity index (χ0n) is 16.6. The molecule has 1 rings (SSSR count). The van der Waals surface area contributed by atoms with Crippen molar-refractivity contribution < 1.29 is 33.4 Å². The van der Waals surface area contributed by atoms with E-state index in [9.17, 15) is 4.79 Å². The van der Waals surface area contributed by atoms with E-state index < -0.39 is 11.7 Å². The smallest absolute Gasteiger partial charge is 0.441 e. The summed E-state index contributed by atoms with van der Waals surface area (Å²) in [4.78, 5) is 23.0. The molecule has 1 amide bonds. The van der Waals surface area contributed by atoms with Crippen LogP contribution in [0.4, 0.5) is 4.79 Å². The van der Waals surface area contributed by atoms with Crippen LogP contribution in [0, 0.1) is 0 Å². The first-order valence-corrected chi connectivity index (χ1v) is 8.89. The van der Waals surface area contributed by atoms with Gasteiger partial charge in [-0.05, 0) is 31.6 Å². The molecule has 8 nitrogen and oxygen atoms in total. The summed E-state index contributed by atoms with van der Waals surface area (Å²) in [6.07, 6.45) is -0.721. The van der Waals surface area contributed by atoms with Gasteiger partial charge < -0.3 is 18.9 Å². The fourth-order valence-corrected chi connectivity index (χ4v) is 1.79. The van der Waals surface area contributed by atoms with E-state index in [1.54, 1.807) is 27.9 Å². The average molecular weight is 385 g/mol. The number of rotatable bonds is 13. The van der Waals surface area contributed by atoms with E-state index in [1.165, 1.54) is 0 Å². The van der Waals surface area contributed by atoms with Crippen molar-refractivity contribution in [3.63, 3.8) is 0 Å². The van der Waals surface area contributed by atoms with Crippen LogP contribution < -0.4 is 0 Å². The van der Waals surface area contributed by atoms with Gasteiger partial charge in [-0.3, -0.25) is 0 Å². The van der Waals surface area contributed by atoms with E-state index in [4.69, 9.17) is 28.6 Å². The van der Waals surface area contributed by atoms with Crippen LogP contribution in [-0.4, -0.2) is 63.7 Å². The Kier molecular flexibility index (Phi) is 11.6. The third-order valence-corrected chi connectivity index (χ3v) is 2.97. The van der Waals surface area contributed by atoms with Gasteiger partial charge in [0.15, 0.2) is 0 Å². The molecule has 0 radical (unpaired) electrons. The molecule has 0 spiro atoms. The normalized spacial score (nSPS) is 11.4. The van der Waals surface area contributed by atoms with E-state index in [2.05, 4.69) is 0 Å². The lowest BCUT2D eigenvalue weighted by molar-refractivity contribution is -0.347. The lowest BCUT2D eigenvalue weighted by Crippen LogP contribution is -2.37. The molecule has 0 aliphatic heterocycles. The van der Waals surface area contributed by atoms with Crippen LogP contribution in [0.1, 0.15) is 26.3 Å².